The van der Waals surface area contributed by atoms with Gasteiger partial charge in [0.1, 0.15) is 0 Å². The maximum atomic E-state index is 5.19. The van der Waals surface area contributed by atoms with Crippen molar-refractivity contribution in [2.45, 2.75) is 32.2 Å². The molecule has 0 radical (unpaired) electrons. The van der Waals surface area contributed by atoms with Gasteiger partial charge in [-0.3, -0.25) is 0 Å². The molecule has 0 bridgehead atoms. The van der Waals surface area contributed by atoms with Crippen molar-refractivity contribution in [1.82, 2.24) is 5.32 Å². The number of hydrogen-bond acceptors (Lipinski definition) is 1. The van der Waals surface area contributed by atoms with Gasteiger partial charge in [0, 0.05) is 19.5 Å². The van der Waals surface area contributed by atoms with Crippen LogP contribution in [-0.4, -0.2) is 6.54 Å². The Morgan fingerprint density at radius 1 is 1.27 bits per heavy atom. The number of hydrogen-bond donors (Lipinski definition) is 1. The highest BCUT2D eigenvalue weighted by atomic mass is 14.8. The molecular weight excluding hydrogens is 182 g/mol. The normalized spacial score (nSPS) is 13.5. The first-order chi connectivity index (χ1) is 7.40. The highest BCUT2D eigenvalue weighted by Gasteiger charge is 2.10. The zero-order chi connectivity index (χ0) is 10.5. The van der Waals surface area contributed by atoms with Crippen molar-refractivity contribution in [3.8, 4) is 12.3 Å². The summed E-state index contributed by atoms with van der Waals surface area (Å²) in [4.78, 5) is 0. The van der Waals surface area contributed by atoms with Crippen LogP contribution in [0.1, 0.15) is 29.5 Å². The van der Waals surface area contributed by atoms with Gasteiger partial charge in [0.2, 0.25) is 0 Å². The molecule has 2 rings (SSSR count). The fraction of sp³-hybridized carbons (Fsp3) is 0.429. The minimum Gasteiger partial charge on any atom is -0.312 e. The standard InChI is InChI=1S/C14H17N/c1-2-3-9-15-11-12-7-8-13-5-4-6-14(13)10-12/h1,7-8,10,15H,3-6,9,11H2. The third-order valence-corrected chi connectivity index (χ3v) is 2.94. The average molecular weight is 199 g/mol. The van der Waals surface area contributed by atoms with Crippen LogP contribution in [-0.2, 0) is 19.4 Å². The van der Waals surface area contributed by atoms with Gasteiger partial charge >= 0.3 is 0 Å². The first kappa shape index (κ1) is 10.3. The van der Waals surface area contributed by atoms with Crippen molar-refractivity contribution < 1.29 is 0 Å². The Hall–Kier alpha value is -1.26. The van der Waals surface area contributed by atoms with Crippen LogP contribution in [0.2, 0.25) is 0 Å². The second-order valence-corrected chi connectivity index (χ2v) is 4.09. The van der Waals surface area contributed by atoms with Gasteiger partial charge in [0.05, 0.1) is 0 Å². The largest absolute Gasteiger partial charge is 0.312 e. The summed E-state index contributed by atoms with van der Waals surface area (Å²) in [7, 11) is 0. The third-order valence-electron chi connectivity index (χ3n) is 2.94. The molecule has 1 aromatic rings. The molecule has 1 N–H and O–H groups in total. The van der Waals surface area contributed by atoms with Gasteiger partial charge in [-0.05, 0) is 36.0 Å². The number of benzene rings is 1. The number of nitrogens with one attached hydrogen (secondary N) is 1. The molecular formula is C14H17N. The first-order valence-corrected chi connectivity index (χ1v) is 5.65. The maximum absolute atomic E-state index is 5.19. The van der Waals surface area contributed by atoms with Crippen molar-refractivity contribution in [3.63, 3.8) is 0 Å². The van der Waals surface area contributed by atoms with E-state index in [-0.39, 0.29) is 0 Å². The lowest BCUT2D eigenvalue weighted by Crippen LogP contribution is -2.14. The van der Waals surface area contributed by atoms with E-state index < -0.39 is 0 Å². The van der Waals surface area contributed by atoms with Crippen molar-refractivity contribution in [1.29, 1.82) is 0 Å². The van der Waals surface area contributed by atoms with E-state index in [1.165, 1.54) is 24.8 Å². The van der Waals surface area contributed by atoms with Crippen LogP contribution in [0.5, 0.6) is 0 Å². The Morgan fingerprint density at radius 3 is 3.00 bits per heavy atom. The van der Waals surface area contributed by atoms with Crippen LogP contribution in [0.3, 0.4) is 0 Å². The summed E-state index contributed by atoms with van der Waals surface area (Å²) >= 11 is 0. The second-order valence-electron chi connectivity index (χ2n) is 4.09. The molecule has 1 nitrogen and oxygen atoms in total. The number of terminal acetylenes is 1. The van der Waals surface area contributed by atoms with Gasteiger partial charge in [-0.15, -0.1) is 12.3 Å². The van der Waals surface area contributed by atoms with Crippen LogP contribution >= 0.6 is 0 Å². The zero-order valence-electron chi connectivity index (χ0n) is 9.05. The lowest BCUT2D eigenvalue weighted by molar-refractivity contribution is 0.701. The van der Waals surface area contributed by atoms with E-state index in [1.807, 2.05) is 0 Å². The summed E-state index contributed by atoms with van der Waals surface area (Å²) < 4.78 is 0. The molecule has 1 heteroatoms. The SMILES string of the molecule is C#CCCNCc1ccc2c(c1)CCC2. The highest BCUT2D eigenvalue weighted by molar-refractivity contribution is 5.35. The minimum absolute atomic E-state index is 0.810. The Morgan fingerprint density at radius 2 is 2.13 bits per heavy atom. The van der Waals surface area contributed by atoms with E-state index in [9.17, 15) is 0 Å². The predicted molar refractivity (Wildman–Crippen MR) is 63.6 cm³/mol. The molecule has 78 valence electrons. The summed E-state index contributed by atoms with van der Waals surface area (Å²) in [5.41, 5.74) is 4.47. The van der Waals surface area contributed by atoms with Crippen LogP contribution in [0, 0.1) is 12.3 Å². The maximum Gasteiger partial charge on any atom is 0.0212 e. The lowest BCUT2D eigenvalue weighted by atomic mass is 10.1. The average Bonchev–Trinajstić information content (AvgIpc) is 2.71. The van der Waals surface area contributed by atoms with Crippen LogP contribution in [0.4, 0.5) is 0 Å². The van der Waals surface area contributed by atoms with Crippen molar-refractivity contribution in [2.24, 2.45) is 0 Å². The molecule has 0 spiro atoms. The van der Waals surface area contributed by atoms with Crippen LogP contribution in [0.25, 0.3) is 0 Å². The Balaban J connectivity index is 1.90. The predicted octanol–water partition coefficient (Wildman–Crippen LogP) is 2.29. The van der Waals surface area contributed by atoms with E-state index >= 15 is 0 Å². The summed E-state index contributed by atoms with van der Waals surface area (Å²) in [6, 6.07) is 6.85. The molecule has 0 saturated heterocycles. The molecule has 1 aliphatic carbocycles. The molecule has 0 atom stereocenters. The molecule has 1 aliphatic rings. The number of fused-ring (bicyclic) bond motifs is 1. The molecule has 0 saturated carbocycles. The van der Waals surface area contributed by atoms with E-state index in [2.05, 4.69) is 29.4 Å². The van der Waals surface area contributed by atoms with Gasteiger partial charge in [0.15, 0.2) is 0 Å². The van der Waals surface area contributed by atoms with Gasteiger partial charge in [-0.2, -0.15) is 0 Å². The van der Waals surface area contributed by atoms with Gasteiger partial charge in [0.25, 0.3) is 0 Å². The molecule has 0 aliphatic heterocycles. The summed E-state index contributed by atoms with van der Waals surface area (Å²) in [5.74, 6) is 2.63. The molecule has 1 aromatic carbocycles. The van der Waals surface area contributed by atoms with E-state index in [4.69, 9.17) is 6.42 Å². The summed E-state index contributed by atoms with van der Waals surface area (Å²) in [5, 5.41) is 3.35. The number of aryl methyl sites for hydroxylation is 2. The first-order valence-electron chi connectivity index (χ1n) is 5.65. The fourth-order valence-corrected chi connectivity index (χ4v) is 2.13. The smallest absolute Gasteiger partial charge is 0.0212 e. The number of rotatable bonds is 4. The Kier molecular flexibility index (Phi) is 3.42. The molecule has 0 unspecified atom stereocenters. The van der Waals surface area contributed by atoms with Crippen molar-refractivity contribution >= 4 is 0 Å². The van der Waals surface area contributed by atoms with Crippen LogP contribution < -0.4 is 5.32 Å². The van der Waals surface area contributed by atoms with Crippen molar-refractivity contribution in [3.05, 3.63) is 34.9 Å². The van der Waals surface area contributed by atoms with Gasteiger partial charge < -0.3 is 5.32 Å². The van der Waals surface area contributed by atoms with E-state index in [0.29, 0.717) is 0 Å². The second kappa shape index (κ2) is 5.00. The van der Waals surface area contributed by atoms with Crippen molar-refractivity contribution in [2.75, 3.05) is 6.54 Å². The fourth-order valence-electron chi connectivity index (χ4n) is 2.13. The van der Waals surface area contributed by atoms with Gasteiger partial charge in [-0.1, -0.05) is 18.2 Å². The summed E-state index contributed by atoms with van der Waals surface area (Å²) in [6.07, 6.45) is 9.85. The lowest BCUT2D eigenvalue weighted by Gasteiger charge is -2.05. The molecule has 0 fully saturated rings. The zero-order valence-corrected chi connectivity index (χ0v) is 9.05. The van der Waals surface area contributed by atoms with Gasteiger partial charge in [-0.25, -0.2) is 0 Å². The molecule has 0 aromatic heterocycles. The Bertz CT molecular complexity index is 373. The quantitative estimate of drug-likeness (QED) is 0.579. The van der Waals surface area contributed by atoms with E-state index in [0.717, 1.165) is 19.5 Å². The molecule has 0 amide bonds. The molecule has 15 heavy (non-hydrogen) atoms. The van der Waals surface area contributed by atoms with Crippen LogP contribution in [0.15, 0.2) is 18.2 Å². The summed E-state index contributed by atoms with van der Waals surface area (Å²) in [6.45, 7) is 1.85. The Labute approximate surface area is 91.9 Å². The highest BCUT2D eigenvalue weighted by Crippen LogP contribution is 2.22. The van der Waals surface area contributed by atoms with E-state index in [1.54, 1.807) is 11.1 Å². The minimum atomic E-state index is 0.810. The third kappa shape index (κ3) is 2.61. The topological polar surface area (TPSA) is 12.0 Å². The molecule has 0 heterocycles. The monoisotopic (exact) mass is 199 g/mol.